The molecule has 0 spiro atoms. The first-order valence-corrected chi connectivity index (χ1v) is 6.46. The summed E-state index contributed by atoms with van der Waals surface area (Å²) in [6, 6.07) is 6.54. The Morgan fingerprint density at radius 2 is 2.38 bits per heavy atom. The summed E-state index contributed by atoms with van der Waals surface area (Å²) in [6.07, 6.45) is 2.18. The first-order valence-electron chi connectivity index (χ1n) is 5.67. The number of hydrogen-bond acceptors (Lipinski definition) is 3. The average Bonchev–Trinajstić information content (AvgIpc) is 2.48. The summed E-state index contributed by atoms with van der Waals surface area (Å²) in [4.78, 5) is 0. The fourth-order valence-electron chi connectivity index (χ4n) is 2.02. The minimum absolute atomic E-state index is 0.360. The van der Waals surface area contributed by atoms with Crippen molar-refractivity contribution in [2.45, 2.75) is 18.9 Å². The van der Waals surface area contributed by atoms with Gasteiger partial charge in [-0.15, -0.1) is 0 Å². The summed E-state index contributed by atoms with van der Waals surface area (Å²) in [5.74, 6) is 0.996. The van der Waals surface area contributed by atoms with E-state index in [1.165, 1.54) is 5.56 Å². The number of hydrogen-bond donors (Lipinski definition) is 2. The number of rotatable bonds is 3. The number of benzene rings is 1. The third kappa shape index (κ3) is 2.75. The molecule has 1 aliphatic heterocycles. The Morgan fingerprint density at radius 3 is 3.19 bits per heavy atom. The Hall–Kier alpha value is -0.580. The van der Waals surface area contributed by atoms with E-state index < -0.39 is 0 Å². The maximum Gasteiger partial charge on any atom is 0.124 e. The van der Waals surface area contributed by atoms with Gasteiger partial charge in [0.15, 0.2) is 0 Å². The molecule has 1 atom stereocenters. The fraction of sp³-hybridized carbons (Fsp3) is 0.500. The molecule has 4 heteroatoms. The molecule has 0 saturated heterocycles. The van der Waals surface area contributed by atoms with Crippen molar-refractivity contribution in [3.05, 3.63) is 28.2 Å². The number of nitrogens with two attached hydrogens (primary N) is 1. The highest BCUT2D eigenvalue weighted by Gasteiger charge is 2.19. The van der Waals surface area contributed by atoms with Gasteiger partial charge in [-0.1, -0.05) is 15.9 Å². The number of nitrogens with one attached hydrogen (secondary N) is 1. The lowest BCUT2D eigenvalue weighted by molar-refractivity contribution is 0.315. The lowest BCUT2D eigenvalue weighted by Crippen LogP contribution is -2.27. The Labute approximate surface area is 104 Å². The molecule has 1 unspecified atom stereocenters. The molecule has 0 aromatic heterocycles. The van der Waals surface area contributed by atoms with Crippen LogP contribution in [0.5, 0.6) is 5.75 Å². The topological polar surface area (TPSA) is 47.3 Å². The van der Waals surface area contributed by atoms with Crippen LogP contribution in [0, 0.1) is 0 Å². The summed E-state index contributed by atoms with van der Waals surface area (Å²) in [5.41, 5.74) is 6.77. The zero-order chi connectivity index (χ0) is 11.4. The molecule has 88 valence electrons. The van der Waals surface area contributed by atoms with E-state index in [2.05, 4.69) is 27.3 Å². The predicted octanol–water partition coefficient (Wildman–Crippen LogP) is 2.21. The van der Waals surface area contributed by atoms with Crippen LogP contribution in [0.2, 0.25) is 0 Å². The minimum atomic E-state index is 0.360. The van der Waals surface area contributed by atoms with Crippen molar-refractivity contribution in [2.24, 2.45) is 5.73 Å². The van der Waals surface area contributed by atoms with E-state index in [-0.39, 0.29) is 0 Å². The zero-order valence-electron chi connectivity index (χ0n) is 9.21. The minimum Gasteiger partial charge on any atom is -0.493 e. The Kier molecular flexibility index (Phi) is 4.21. The van der Waals surface area contributed by atoms with Gasteiger partial charge >= 0.3 is 0 Å². The maximum absolute atomic E-state index is 5.72. The van der Waals surface area contributed by atoms with E-state index in [1.54, 1.807) is 0 Å². The van der Waals surface area contributed by atoms with Gasteiger partial charge in [0.05, 0.1) is 6.61 Å². The van der Waals surface area contributed by atoms with Gasteiger partial charge in [-0.2, -0.15) is 0 Å². The summed E-state index contributed by atoms with van der Waals surface area (Å²) in [6.45, 7) is 2.31. The molecule has 3 N–H and O–H groups in total. The second kappa shape index (κ2) is 5.66. The molecule has 1 aromatic carbocycles. The van der Waals surface area contributed by atoms with Crippen LogP contribution in [0.3, 0.4) is 0 Å². The van der Waals surface area contributed by atoms with Crippen LogP contribution in [-0.4, -0.2) is 19.7 Å². The molecule has 16 heavy (non-hydrogen) atoms. The number of halogens is 1. The SMILES string of the molecule is NCCNC1CCCOc2ccc(Br)cc21. The molecule has 0 bridgehead atoms. The fourth-order valence-corrected chi connectivity index (χ4v) is 2.40. The summed E-state index contributed by atoms with van der Waals surface area (Å²) >= 11 is 3.50. The van der Waals surface area contributed by atoms with Crippen molar-refractivity contribution < 1.29 is 4.74 Å². The van der Waals surface area contributed by atoms with E-state index in [1.807, 2.05) is 12.1 Å². The van der Waals surface area contributed by atoms with Crippen LogP contribution in [-0.2, 0) is 0 Å². The van der Waals surface area contributed by atoms with Crippen LogP contribution < -0.4 is 15.8 Å². The molecule has 0 fully saturated rings. The van der Waals surface area contributed by atoms with E-state index in [4.69, 9.17) is 10.5 Å². The second-order valence-corrected chi connectivity index (χ2v) is 4.88. The van der Waals surface area contributed by atoms with Gasteiger partial charge < -0.3 is 15.8 Å². The summed E-state index contributed by atoms with van der Waals surface area (Å²) < 4.78 is 6.82. The molecule has 2 rings (SSSR count). The van der Waals surface area contributed by atoms with Crippen molar-refractivity contribution in [1.29, 1.82) is 0 Å². The molecule has 1 aromatic rings. The van der Waals surface area contributed by atoms with Crippen molar-refractivity contribution in [3.8, 4) is 5.75 Å². The summed E-state index contributed by atoms with van der Waals surface area (Å²) in [5, 5.41) is 3.47. The molecular weight excluding hydrogens is 268 g/mol. The first-order chi connectivity index (χ1) is 7.81. The van der Waals surface area contributed by atoms with Crippen molar-refractivity contribution in [2.75, 3.05) is 19.7 Å². The van der Waals surface area contributed by atoms with Crippen molar-refractivity contribution in [1.82, 2.24) is 5.32 Å². The lowest BCUT2D eigenvalue weighted by Gasteiger charge is -2.18. The third-order valence-corrected chi connectivity index (χ3v) is 3.27. The smallest absolute Gasteiger partial charge is 0.124 e. The van der Waals surface area contributed by atoms with Gasteiger partial charge in [0.1, 0.15) is 5.75 Å². The largest absolute Gasteiger partial charge is 0.493 e. The lowest BCUT2D eigenvalue weighted by atomic mass is 10.0. The van der Waals surface area contributed by atoms with E-state index in [0.29, 0.717) is 12.6 Å². The van der Waals surface area contributed by atoms with Gasteiger partial charge in [0.25, 0.3) is 0 Å². The Morgan fingerprint density at radius 1 is 1.50 bits per heavy atom. The summed E-state index contributed by atoms with van der Waals surface area (Å²) in [7, 11) is 0. The molecular formula is C12H17BrN2O. The molecule has 0 radical (unpaired) electrons. The van der Waals surface area contributed by atoms with Crippen LogP contribution in [0.25, 0.3) is 0 Å². The number of fused-ring (bicyclic) bond motifs is 1. The second-order valence-electron chi connectivity index (χ2n) is 3.97. The van der Waals surface area contributed by atoms with Gasteiger partial charge in [0, 0.05) is 29.2 Å². The van der Waals surface area contributed by atoms with Crippen LogP contribution in [0.4, 0.5) is 0 Å². The highest BCUT2D eigenvalue weighted by molar-refractivity contribution is 9.10. The third-order valence-electron chi connectivity index (χ3n) is 2.78. The van der Waals surface area contributed by atoms with E-state index >= 15 is 0 Å². The van der Waals surface area contributed by atoms with Crippen LogP contribution in [0.15, 0.2) is 22.7 Å². The van der Waals surface area contributed by atoms with Crippen molar-refractivity contribution >= 4 is 15.9 Å². The van der Waals surface area contributed by atoms with E-state index in [9.17, 15) is 0 Å². The van der Waals surface area contributed by atoms with Crippen LogP contribution >= 0.6 is 15.9 Å². The monoisotopic (exact) mass is 284 g/mol. The molecule has 0 saturated carbocycles. The molecule has 3 nitrogen and oxygen atoms in total. The van der Waals surface area contributed by atoms with Gasteiger partial charge in [-0.3, -0.25) is 0 Å². The maximum atomic E-state index is 5.72. The Balaban J connectivity index is 2.24. The Bertz CT molecular complexity index is 357. The highest BCUT2D eigenvalue weighted by atomic mass is 79.9. The highest BCUT2D eigenvalue weighted by Crippen LogP contribution is 2.33. The predicted molar refractivity (Wildman–Crippen MR) is 68.7 cm³/mol. The molecule has 1 heterocycles. The first kappa shape index (κ1) is 11.9. The zero-order valence-corrected chi connectivity index (χ0v) is 10.8. The quantitative estimate of drug-likeness (QED) is 0.895. The normalized spacial score (nSPS) is 19.8. The van der Waals surface area contributed by atoms with Crippen LogP contribution in [0.1, 0.15) is 24.4 Å². The van der Waals surface area contributed by atoms with Crippen molar-refractivity contribution in [3.63, 3.8) is 0 Å². The molecule has 0 aliphatic carbocycles. The molecule has 1 aliphatic rings. The average molecular weight is 285 g/mol. The van der Waals surface area contributed by atoms with Gasteiger partial charge in [0.2, 0.25) is 0 Å². The van der Waals surface area contributed by atoms with Gasteiger partial charge in [-0.25, -0.2) is 0 Å². The standard InChI is InChI=1S/C12H17BrN2O/c13-9-3-4-12-10(8-9)11(15-6-5-14)2-1-7-16-12/h3-4,8,11,15H,1-2,5-7,14H2. The molecule has 0 amide bonds. The van der Waals surface area contributed by atoms with E-state index in [0.717, 1.165) is 36.2 Å². The number of ether oxygens (including phenoxy) is 1. The van der Waals surface area contributed by atoms with Gasteiger partial charge in [-0.05, 0) is 31.0 Å².